The highest BCUT2D eigenvalue weighted by Gasteiger charge is 2.39. The molecule has 1 saturated carbocycles. The summed E-state index contributed by atoms with van der Waals surface area (Å²) < 4.78 is 5.50. The van der Waals surface area contributed by atoms with Gasteiger partial charge in [0.2, 0.25) is 0 Å². The molecule has 0 spiro atoms. The summed E-state index contributed by atoms with van der Waals surface area (Å²) in [5.41, 5.74) is 0.525. The van der Waals surface area contributed by atoms with E-state index in [1.165, 1.54) is 0 Å². The van der Waals surface area contributed by atoms with Crippen molar-refractivity contribution in [2.24, 2.45) is 0 Å². The number of ether oxygens (including phenoxy) is 1. The number of carbonyl (C=O) groups excluding carboxylic acids is 1. The summed E-state index contributed by atoms with van der Waals surface area (Å²) in [6, 6.07) is 6.93. The number of hydrogen-bond acceptors (Lipinski definition) is 3. The SMILES string of the molecule is COC1(C(=O)Nc2cccc(CC(=O)O)c2)CCCCC1. The Bertz CT molecular complexity index is 521. The van der Waals surface area contributed by atoms with E-state index < -0.39 is 11.6 Å². The van der Waals surface area contributed by atoms with E-state index in [4.69, 9.17) is 9.84 Å². The van der Waals surface area contributed by atoms with E-state index in [-0.39, 0.29) is 12.3 Å². The molecule has 1 aromatic rings. The molecule has 5 nitrogen and oxygen atoms in total. The van der Waals surface area contributed by atoms with Gasteiger partial charge in [-0.15, -0.1) is 0 Å². The first-order chi connectivity index (χ1) is 10.1. The number of carbonyl (C=O) groups is 2. The van der Waals surface area contributed by atoms with Crippen molar-refractivity contribution in [1.82, 2.24) is 0 Å². The molecule has 1 aromatic carbocycles. The zero-order valence-corrected chi connectivity index (χ0v) is 12.2. The number of hydrogen-bond donors (Lipinski definition) is 2. The third kappa shape index (κ3) is 3.82. The van der Waals surface area contributed by atoms with Crippen LogP contribution in [-0.2, 0) is 20.7 Å². The highest BCUT2D eigenvalue weighted by atomic mass is 16.5. The fraction of sp³-hybridized carbons (Fsp3) is 0.500. The maximum Gasteiger partial charge on any atom is 0.307 e. The van der Waals surface area contributed by atoms with Crippen LogP contribution in [0.2, 0.25) is 0 Å². The predicted octanol–water partition coefficient (Wildman–Crippen LogP) is 2.60. The van der Waals surface area contributed by atoms with Gasteiger partial charge in [0.25, 0.3) is 5.91 Å². The van der Waals surface area contributed by atoms with Gasteiger partial charge in [-0.05, 0) is 30.5 Å². The molecule has 0 heterocycles. The summed E-state index contributed by atoms with van der Waals surface area (Å²) >= 11 is 0. The van der Waals surface area contributed by atoms with Crippen LogP contribution >= 0.6 is 0 Å². The molecular formula is C16H21NO4. The van der Waals surface area contributed by atoms with Crippen LogP contribution in [0.15, 0.2) is 24.3 Å². The van der Waals surface area contributed by atoms with E-state index in [1.54, 1.807) is 31.4 Å². The summed E-state index contributed by atoms with van der Waals surface area (Å²) in [4.78, 5) is 23.2. The van der Waals surface area contributed by atoms with Crippen LogP contribution < -0.4 is 5.32 Å². The third-order valence-corrected chi connectivity index (χ3v) is 4.01. The summed E-state index contributed by atoms with van der Waals surface area (Å²) in [7, 11) is 1.58. The van der Waals surface area contributed by atoms with Crippen LogP contribution in [0, 0.1) is 0 Å². The molecule has 0 bridgehead atoms. The molecule has 1 amide bonds. The van der Waals surface area contributed by atoms with Crippen LogP contribution in [0.1, 0.15) is 37.7 Å². The zero-order valence-electron chi connectivity index (χ0n) is 12.2. The minimum atomic E-state index is -0.890. The number of aliphatic carboxylic acids is 1. The Morgan fingerprint density at radius 1 is 1.29 bits per heavy atom. The van der Waals surface area contributed by atoms with Crippen molar-refractivity contribution in [1.29, 1.82) is 0 Å². The number of amides is 1. The highest BCUT2D eigenvalue weighted by molar-refractivity contribution is 5.97. The second-order valence-electron chi connectivity index (χ2n) is 5.48. The average Bonchev–Trinajstić information content (AvgIpc) is 2.47. The molecule has 1 aliphatic rings. The number of methoxy groups -OCH3 is 1. The van der Waals surface area contributed by atoms with Gasteiger partial charge >= 0.3 is 5.97 Å². The van der Waals surface area contributed by atoms with Gasteiger partial charge in [-0.25, -0.2) is 0 Å². The van der Waals surface area contributed by atoms with Gasteiger partial charge in [0.15, 0.2) is 0 Å². The van der Waals surface area contributed by atoms with Crippen molar-refractivity contribution < 1.29 is 19.4 Å². The Morgan fingerprint density at radius 3 is 2.62 bits per heavy atom. The lowest BCUT2D eigenvalue weighted by atomic mass is 9.84. The lowest BCUT2D eigenvalue weighted by molar-refractivity contribution is -0.141. The van der Waals surface area contributed by atoms with Crippen LogP contribution in [0.5, 0.6) is 0 Å². The largest absolute Gasteiger partial charge is 0.481 e. The van der Waals surface area contributed by atoms with Crippen molar-refractivity contribution in [3.63, 3.8) is 0 Å². The minimum absolute atomic E-state index is 0.0564. The van der Waals surface area contributed by atoms with Crippen molar-refractivity contribution in [2.75, 3.05) is 12.4 Å². The van der Waals surface area contributed by atoms with E-state index in [0.29, 0.717) is 11.3 Å². The average molecular weight is 291 g/mol. The van der Waals surface area contributed by atoms with E-state index in [9.17, 15) is 9.59 Å². The first-order valence-corrected chi connectivity index (χ1v) is 7.23. The molecule has 1 aliphatic carbocycles. The first kappa shape index (κ1) is 15.5. The van der Waals surface area contributed by atoms with Crippen molar-refractivity contribution in [3.05, 3.63) is 29.8 Å². The van der Waals surface area contributed by atoms with Crippen LogP contribution in [0.25, 0.3) is 0 Å². The van der Waals surface area contributed by atoms with Crippen molar-refractivity contribution in [3.8, 4) is 0 Å². The Balaban J connectivity index is 2.09. The Hall–Kier alpha value is -1.88. The van der Waals surface area contributed by atoms with E-state index in [0.717, 1.165) is 32.1 Å². The molecule has 1 fully saturated rings. The van der Waals surface area contributed by atoms with Gasteiger partial charge in [-0.2, -0.15) is 0 Å². The molecule has 0 radical (unpaired) electrons. The summed E-state index contributed by atoms with van der Waals surface area (Å²) in [6.45, 7) is 0. The normalized spacial score (nSPS) is 17.2. The quantitative estimate of drug-likeness (QED) is 0.874. The summed E-state index contributed by atoms with van der Waals surface area (Å²) in [5, 5.41) is 11.7. The van der Waals surface area contributed by atoms with Crippen LogP contribution in [-0.4, -0.2) is 29.7 Å². The molecule has 0 unspecified atom stereocenters. The monoisotopic (exact) mass is 291 g/mol. The van der Waals surface area contributed by atoms with Gasteiger partial charge in [-0.3, -0.25) is 9.59 Å². The number of benzene rings is 1. The van der Waals surface area contributed by atoms with Gasteiger partial charge in [-0.1, -0.05) is 31.4 Å². The standard InChI is InChI=1S/C16H21NO4/c1-21-16(8-3-2-4-9-16)15(20)17-13-7-5-6-12(10-13)11-14(18)19/h5-7,10H,2-4,8-9,11H2,1H3,(H,17,20)(H,18,19). The van der Waals surface area contributed by atoms with E-state index >= 15 is 0 Å². The number of carboxylic acid groups (broad SMARTS) is 1. The molecule has 0 atom stereocenters. The van der Waals surface area contributed by atoms with Crippen LogP contribution in [0.4, 0.5) is 5.69 Å². The number of anilines is 1. The Kier molecular flexibility index (Phi) is 4.96. The summed E-state index contributed by atoms with van der Waals surface area (Å²) in [5.74, 6) is -1.03. The second-order valence-corrected chi connectivity index (χ2v) is 5.48. The lowest BCUT2D eigenvalue weighted by Crippen LogP contribution is -2.46. The third-order valence-electron chi connectivity index (χ3n) is 4.01. The Morgan fingerprint density at radius 2 is 2.00 bits per heavy atom. The topological polar surface area (TPSA) is 75.6 Å². The molecule has 0 aromatic heterocycles. The maximum atomic E-state index is 12.5. The summed E-state index contributed by atoms with van der Waals surface area (Å²) in [6.07, 6.45) is 4.50. The highest BCUT2D eigenvalue weighted by Crippen LogP contribution is 2.32. The van der Waals surface area contributed by atoms with Crippen LogP contribution in [0.3, 0.4) is 0 Å². The van der Waals surface area contributed by atoms with Crippen molar-refractivity contribution >= 4 is 17.6 Å². The molecular weight excluding hydrogens is 270 g/mol. The van der Waals surface area contributed by atoms with Crippen molar-refractivity contribution in [2.45, 2.75) is 44.1 Å². The number of nitrogens with one attached hydrogen (secondary N) is 1. The molecule has 0 saturated heterocycles. The smallest absolute Gasteiger partial charge is 0.307 e. The molecule has 5 heteroatoms. The zero-order chi connectivity index (χ0) is 15.3. The van der Waals surface area contributed by atoms with E-state index in [1.807, 2.05) is 0 Å². The molecule has 114 valence electrons. The second kappa shape index (κ2) is 6.72. The van der Waals surface area contributed by atoms with Gasteiger partial charge in [0.1, 0.15) is 5.60 Å². The molecule has 2 rings (SSSR count). The number of carboxylic acids is 1. The van der Waals surface area contributed by atoms with Gasteiger partial charge < -0.3 is 15.2 Å². The molecule has 0 aliphatic heterocycles. The van der Waals surface area contributed by atoms with Gasteiger partial charge in [0.05, 0.1) is 6.42 Å². The maximum absolute atomic E-state index is 12.5. The predicted molar refractivity (Wildman–Crippen MR) is 79.2 cm³/mol. The fourth-order valence-corrected chi connectivity index (χ4v) is 2.83. The minimum Gasteiger partial charge on any atom is -0.481 e. The number of rotatable bonds is 5. The first-order valence-electron chi connectivity index (χ1n) is 7.23. The lowest BCUT2D eigenvalue weighted by Gasteiger charge is -2.34. The molecule has 21 heavy (non-hydrogen) atoms. The van der Waals surface area contributed by atoms with E-state index in [2.05, 4.69) is 5.32 Å². The van der Waals surface area contributed by atoms with Gasteiger partial charge in [0, 0.05) is 12.8 Å². The molecule has 2 N–H and O–H groups in total. The fourth-order valence-electron chi connectivity index (χ4n) is 2.83. The Labute approximate surface area is 124 Å².